The summed E-state index contributed by atoms with van der Waals surface area (Å²) in [4.78, 5) is 0. The Kier molecular flexibility index (Phi) is 3.85. The Labute approximate surface area is 86.9 Å². The smallest absolute Gasteiger partial charge is 0.183 e. The van der Waals surface area contributed by atoms with E-state index in [1.165, 1.54) is 6.07 Å². The highest BCUT2D eigenvalue weighted by Gasteiger charge is 2.11. The summed E-state index contributed by atoms with van der Waals surface area (Å²) in [6.45, 7) is 1.95. The lowest BCUT2D eigenvalue weighted by molar-refractivity contribution is 0.188. The fourth-order valence-electron chi connectivity index (χ4n) is 1.15. The third-order valence-electron chi connectivity index (χ3n) is 1.99. The van der Waals surface area contributed by atoms with Crippen LogP contribution in [0.15, 0.2) is 12.1 Å². The van der Waals surface area contributed by atoms with E-state index >= 15 is 0 Å². The van der Waals surface area contributed by atoms with Crippen molar-refractivity contribution in [3.05, 3.63) is 23.8 Å². The van der Waals surface area contributed by atoms with Crippen molar-refractivity contribution in [2.24, 2.45) is 0 Å². The first kappa shape index (κ1) is 11.7. The van der Waals surface area contributed by atoms with E-state index in [2.05, 4.69) is 5.32 Å². The zero-order valence-corrected chi connectivity index (χ0v) is 8.43. The lowest BCUT2D eigenvalue weighted by atomic mass is 10.2. The molecule has 15 heavy (non-hydrogen) atoms. The van der Waals surface area contributed by atoms with Crippen LogP contribution in [0.4, 0.5) is 20.2 Å². The Bertz CT molecular complexity index is 342. The number of nitrogens with one attached hydrogen (secondary N) is 1. The minimum Gasteiger partial charge on any atom is -0.397 e. The molecule has 4 N–H and O–H groups in total. The number of anilines is 2. The Hall–Kier alpha value is -1.36. The molecule has 1 aromatic carbocycles. The van der Waals surface area contributed by atoms with Crippen LogP contribution in [0.1, 0.15) is 13.3 Å². The van der Waals surface area contributed by atoms with Crippen LogP contribution in [-0.4, -0.2) is 17.8 Å². The van der Waals surface area contributed by atoms with Gasteiger partial charge < -0.3 is 16.2 Å². The molecule has 0 saturated carbocycles. The molecule has 0 amide bonds. The number of aliphatic hydroxyl groups excluding tert-OH is 1. The Morgan fingerprint density at radius 2 is 2.13 bits per heavy atom. The lowest BCUT2D eigenvalue weighted by Crippen LogP contribution is -2.12. The van der Waals surface area contributed by atoms with Crippen LogP contribution in [-0.2, 0) is 0 Å². The molecule has 0 bridgehead atoms. The number of nitrogen functional groups attached to an aromatic ring is 1. The van der Waals surface area contributed by atoms with Gasteiger partial charge in [0, 0.05) is 6.54 Å². The largest absolute Gasteiger partial charge is 0.397 e. The van der Waals surface area contributed by atoms with Crippen molar-refractivity contribution in [3.8, 4) is 0 Å². The van der Waals surface area contributed by atoms with Gasteiger partial charge in [0.15, 0.2) is 11.6 Å². The van der Waals surface area contributed by atoms with Gasteiger partial charge >= 0.3 is 0 Å². The van der Waals surface area contributed by atoms with Gasteiger partial charge in [-0.3, -0.25) is 0 Å². The number of hydrogen-bond donors (Lipinski definition) is 3. The van der Waals surface area contributed by atoms with Crippen molar-refractivity contribution in [2.45, 2.75) is 19.4 Å². The summed E-state index contributed by atoms with van der Waals surface area (Å²) < 4.78 is 26.0. The van der Waals surface area contributed by atoms with Crippen molar-refractivity contribution in [3.63, 3.8) is 0 Å². The van der Waals surface area contributed by atoms with Crippen LogP contribution >= 0.6 is 0 Å². The van der Waals surface area contributed by atoms with Crippen molar-refractivity contribution >= 4 is 11.4 Å². The molecule has 0 heterocycles. The molecule has 0 fully saturated rings. The lowest BCUT2D eigenvalue weighted by Gasteiger charge is -2.11. The summed E-state index contributed by atoms with van der Waals surface area (Å²) in [6, 6.07) is 2.27. The van der Waals surface area contributed by atoms with Gasteiger partial charge in [-0.2, -0.15) is 0 Å². The summed E-state index contributed by atoms with van der Waals surface area (Å²) in [5.41, 5.74) is 5.58. The molecular formula is C10H14F2N2O. The third-order valence-corrected chi connectivity index (χ3v) is 1.99. The fraction of sp³-hybridized carbons (Fsp3) is 0.400. The highest BCUT2D eigenvalue weighted by Crippen LogP contribution is 2.24. The van der Waals surface area contributed by atoms with Crippen LogP contribution in [0.3, 0.4) is 0 Å². The van der Waals surface area contributed by atoms with E-state index in [4.69, 9.17) is 10.8 Å². The zero-order chi connectivity index (χ0) is 11.4. The van der Waals surface area contributed by atoms with Crippen LogP contribution in [0, 0.1) is 11.6 Å². The van der Waals surface area contributed by atoms with E-state index in [1.54, 1.807) is 6.92 Å². The first-order valence-electron chi connectivity index (χ1n) is 4.67. The normalized spacial score (nSPS) is 12.5. The monoisotopic (exact) mass is 216 g/mol. The van der Waals surface area contributed by atoms with Crippen LogP contribution in [0.25, 0.3) is 0 Å². The standard InChI is InChI=1S/C10H14F2N2O/c1-6(15)4-5-14-10-8(13)3-2-7(11)9(10)12/h2-3,6,14-15H,4-5,13H2,1H3. The van der Waals surface area contributed by atoms with Crippen LogP contribution in [0.2, 0.25) is 0 Å². The van der Waals surface area contributed by atoms with Gasteiger partial charge in [-0.25, -0.2) is 8.78 Å². The number of hydrogen-bond acceptors (Lipinski definition) is 3. The molecule has 0 aliphatic heterocycles. The summed E-state index contributed by atoms with van der Waals surface area (Å²) in [6.07, 6.45) is -0.0505. The highest BCUT2D eigenvalue weighted by atomic mass is 19.2. The zero-order valence-electron chi connectivity index (χ0n) is 8.43. The summed E-state index contributed by atoms with van der Waals surface area (Å²) >= 11 is 0. The molecule has 1 unspecified atom stereocenters. The molecule has 0 aliphatic rings. The van der Waals surface area contributed by atoms with E-state index in [9.17, 15) is 8.78 Å². The summed E-state index contributed by atoms with van der Waals surface area (Å²) in [5.74, 6) is -1.93. The Morgan fingerprint density at radius 1 is 1.47 bits per heavy atom. The van der Waals surface area contributed by atoms with E-state index in [0.717, 1.165) is 6.07 Å². The number of nitrogens with two attached hydrogens (primary N) is 1. The molecule has 3 nitrogen and oxygen atoms in total. The van der Waals surface area contributed by atoms with Gasteiger partial charge in [-0.15, -0.1) is 0 Å². The van der Waals surface area contributed by atoms with Gasteiger partial charge in [-0.05, 0) is 25.5 Å². The Balaban J connectivity index is 2.71. The SMILES string of the molecule is CC(O)CCNc1c(N)ccc(F)c1F. The summed E-state index contributed by atoms with van der Waals surface area (Å²) in [5, 5.41) is 11.6. The van der Waals surface area contributed by atoms with Gasteiger partial charge in [0.25, 0.3) is 0 Å². The molecule has 0 aliphatic carbocycles. The maximum atomic E-state index is 13.2. The number of aliphatic hydroxyl groups is 1. The van der Waals surface area contributed by atoms with Crippen LogP contribution in [0.5, 0.6) is 0 Å². The van der Waals surface area contributed by atoms with Crippen molar-refractivity contribution in [1.82, 2.24) is 0 Å². The van der Waals surface area contributed by atoms with Gasteiger partial charge in [0.1, 0.15) is 0 Å². The molecule has 0 radical (unpaired) electrons. The maximum Gasteiger partial charge on any atom is 0.183 e. The predicted octanol–water partition coefficient (Wildman–Crippen LogP) is 1.73. The molecule has 1 aromatic rings. The second-order valence-electron chi connectivity index (χ2n) is 3.39. The number of benzene rings is 1. The van der Waals surface area contributed by atoms with Crippen molar-refractivity contribution < 1.29 is 13.9 Å². The highest BCUT2D eigenvalue weighted by molar-refractivity contribution is 5.66. The third kappa shape index (κ3) is 3.06. The van der Waals surface area contributed by atoms with Gasteiger partial charge in [-0.1, -0.05) is 0 Å². The second-order valence-corrected chi connectivity index (χ2v) is 3.39. The molecular weight excluding hydrogens is 202 g/mol. The second kappa shape index (κ2) is 4.93. The first-order valence-corrected chi connectivity index (χ1v) is 4.67. The maximum absolute atomic E-state index is 13.2. The van der Waals surface area contributed by atoms with Gasteiger partial charge in [0.2, 0.25) is 0 Å². The van der Waals surface area contributed by atoms with E-state index in [1.807, 2.05) is 0 Å². The predicted molar refractivity (Wildman–Crippen MR) is 55.6 cm³/mol. The fourth-order valence-corrected chi connectivity index (χ4v) is 1.15. The van der Waals surface area contributed by atoms with E-state index in [0.29, 0.717) is 13.0 Å². The molecule has 0 aromatic heterocycles. The molecule has 1 rings (SSSR count). The summed E-state index contributed by atoms with van der Waals surface area (Å²) in [7, 11) is 0. The molecule has 0 saturated heterocycles. The average molecular weight is 216 g/mol. The minimum absolute atomic E-state index is 0.0457. The quantitative estimate of drug-likeness (QED) is 0.672. The Morgan fingerprint density at radius 3 is 2.73 bits per heavy atom. The number of halogens is 2. The van der Waals surface area contributed by atoms with E-state index in [-0.39, 0.29) is 11.4 Å². The van der Waals surface area contributed by atoms with Crippen LogP contribution < -0.4 is 11.1 Å². The van der Waals surface area contributed by atoms with Gasteiger partial charge in [0.05, 0.1) is 17.5 Å². The van der Waals surface area contributed by atoms with Crippen molar-refractivity contribution in [1.29, 1.82) is 0 Å². The molecule has 5 heteroatoms. The molecule has 0 spiro atoms. The topological polar surface area (TPSA) is 58.3 Å². The van der Waals surface area contributed by atoms with E-state index < -0.39 is 17.7 Å². The molecule has 1 atom stereocenters. The average Bonchev–Trinajstić information content (AvgIpc) is 2.17. The molecule has 84 valence electrons. The minimum atomic E-state index is -0.986. The first-order chi connectivity index (χ1) is 7.02. The van der Waals surface area contributed by atoms with Crippen molar-refractivity contribution in [2.75, 3.05) is 17.6 Å². The number of rotatable bonds is 4.